The summed E-state index contributed by atoms with van der Waals surface area (Å²) in [5.41, 5.74) is 0. The first-order chi connectivity index (χ1) is 8.60. The van der Waals surface area contributed by atoms with Gasteiger partial charge in [0.2, 0.25) is 0 Å². The first-order valence-electron chi connectivity index (χ1n) is 6.27. The predicted molar refractivity (Wildman–Crippen MR) is 66.0 cm³/mol. The van der Waals surface area contributed by atoms with Crippen LogP contribution in [0, 0.1) is 0 Å². The molecule has 18 heavy (non-hydrogen) atoms. The summed E-state index contributed by atoms with van der Waals surface area (Å²) in [5.74, 6) is 9.69. The van der Waals surface area contributed by atoms with Gasteiger partial charge in [0.15, 0.2) is 0 Å². The van der Waals surface area contributed by atoms with E-state index in [1.165, 1.54) is 0 Å². The monoisotopic (exact) mass is 266 g/mol. The minimum atomic E-state index is -0.521. The highest BCUT2D eigenvalue weighted by Gasteiger charge is 2.12. The number of nitrogens with two attached hydrogens (primary N) is 2. The average molecular weight is 266 g/mol. The molecule has 0 aliphatic carbocycles. The molecule has 0 fully saturated rings. The number of aliphatic hydroxyl groups excluding tert-OH is 3. The molecule has 0 bridgehead atoms. The Bertz CT molecular complexity index is 167. The molecule has 2 unspecified atom stereocenters. The Labute approximate surface area is 108 Å². The van der Waals surface area contributed by atoms with Gasteiger partial charge < -0.3 is 25.0 Å². The molecule has 0 radical (unpaired) electrons. The maximum absolute atomic E-state index is 9.66. The fraction of sp³-hybridized carbons (Fsp3) is 1.00. The zero-order valence-corrected chi connectivity index (χ0v) is 10.7. The SMILES string of the molecule is NOCCC(O)CCC(O)CCC(O)CCON. The van der Waals surface area contributed by atoms with E-state index in [-0.39, 0.29) is 0 Å². The number of hydrogen-bond donors (Lipinski definition) is 5. The molecule has 0 aliphatic rings. The topological polar surface area (TPSA) is 131 Å². The van der Waals surface area contributed by atoms with E-state index in [1.807, 2.05) is 0 Å². The molecule has 110 valence electrons. The van der Waals surface area contributed by atoms with E-state index in [4.69, 9.17) is 11.8 Å². The Hall–Kier alpha value is -0.280. The Morgan fingerprint density at radius 3 is 1.17 bits per heavy atom. The van der Waals surface area contributed by atoms with E-state index in [0.717, 1.165) is 0 Å². The molecule has 0 aromatic carbocycles. The second kappa shape index (κ2) is 11.8. The first kappa shape index (κ1) is 17.7. The van der Waals surface area contributed by atoms with Gasteiger partial charge in [-0.1, -0.05) is 0 Å². The lowest BCUT2D eigenvalue weighted by molar-refractivity contribution is 0.0524. The molecule has 0 heterocycles. The van der Waals surface area contributed by atoms with Gasteiger partial charge in [0, 0.05) is 0 Å². The van der Waals surface area contributed by atoms with Crippen molar-refractivity contribution in [3.05, 3.63) is 0 Å². The van der Waals surface area contributed by atoms with Crippen LogP contribution in [0.3, 0.4) is 0 Å². The summed E-state index contributed by atoms with van der Waals surface area (Å²) in [6.45, 7) is 0.601. The smallest absolute Gasteiger partial charge is 0.0703 e. The van der Waals surface area contributed by atoms with E-state index >= 15 is 0 Å². The molecule has 7 heteroatoms. The van der Waals surface area contributed by atoms with Crippen molar-refractivity contribution >= 4 is 0 Å². The van der Waals surface area contributed by atoms with Crippen LogP contribution in [-0.4, -0.2) is 46.8 Å². The minimum absolute atomic E-state index is 0.301. The van der Waals surface area contributed by atoms with Crippen LogP contribution in [-0.2, 0) is 9.68 Å². The van der Waals surface area contributed by atoms with E-state index in [0.29, 0.717) is 51.7 Å². The maximum Gasteiger partial charge on any atom is 0.0703 e. The normalized spacial score (nSPS) is 16.5. The molecule has 7 nitrogen and oxygen atoms in total. The molecule has 0 rings (SSSR count). The van der Waals surface area contributed by atoms with Crippen molar-refractivity contribution in [2.45, 2.75) is 56.8 Å². The number of hydrogen-bond acceptors (Lipinski definition) is 7. The van der Waals surface area contributed by atoms with Crippen molar-refractivity contribution < 1.29 is 25.0 Å². The zero-order chi connectivity index (χ0) is 13.8. The largest absolute Gasteiger partial charge is 0.393 e. The summed E-state index contributed by atoms with van der Waals surface area (Å²) < 4.78 is 0. The third-order valence-corrected chi connectivity index (χ3v) is 2.80. The van der Waals surface area contributed by atoms with Crippen molar-refractivity contribution in [3.8, 4) is 0 Å². The third-order valence-electron chi connectivity index (χ3n) is 2.80. The van der Waals surface area contributed by atoms with Crippen LogP contribution in [0.15, 0.2) is 0 Å². The summed E-state index contributed by atoms with van der Waals surface area (Å²) >= 11 is 0. The van der Waals surface area contributed by atoms with Gasteiger partial charge in [-0.25, -0.2) is 11.8 Å². The van der Waals surface area contributed by atoms with E-state index < -0.39 is 18.3 Å². The highest BCUT2D eigenvalue weighted by molar-refractivity contribution is 4.64. The Kier molecular flexibility index (Phi) is 11.6. The van der Waals surface area contributed by atoms with Crippen LogP contribution in [0.25, 0.3) is 0 Å². The number of rotatable bonds is 12. The lowest BCUT2D eigenvalue weighted by atomic mass is 10.0. The van der Waals surface area contributed by atoms with Gasteiger partial charge >= 0.3 is 0 Å². The van der Waals surface area contributed by atoms with Crippen molar-refractivity contribution in [2.75, 3.05) is 13.2 Å². The van der Waals surface area contributed by atoms with Gasteiger partial charge in [0.1, 0.15) is 0 Å². The standard InChI is InChI=1S/C11H26N2O5/c12-17-7-5-10(15)3-1-9(14)2-4-11(16)6-8-18-13/h9-11,14-16H,1-8,12-13H2. The quantitative estimate of drug-likeness (QED) is 0.292. The van der Waals surface area contributed by atoms with Crippen LogP contribution in [0.2, 0.25) is 0 Å². The van der Waals surface area contributed by atoms with Crippen molar-refractivity contribution in [3.63, 3.8) is 0 Å². The molecule has 2 atom stereocenters. The van der Waals surface area contributed by atoms with Crippen LogP contribution >= 0.6 is 0 Å². The fourth-order valence-corrected chi connectivity index (χ4v) is 1.61. The fourth-order valence-electron chi connectivity index (χ4n) is 1.61. The number of aliphatic hydroxyl groups is 3. The molecule has 0 amide bonds. The van der Waals surface area contributed by atoms with Gasteiger partial charge in [0.05, 0.1) is 31.5 Å². The van der Waals surface area contributed by atoms with Gasteiger partial charge in [-0.15, -0.1) is 0 Å². The summed E-state index contributed by atoms with van der Waals surface area (Å²) in [6, 6.07) is 0. The maximum atomic E-state index is 9.66. The molecule has 0 aromatic rings. The molecule has 0 spiro atoms. The lowest BCUT2D eigenvalue weighted by Crippen LogP contribution is -2.18. The molecular formula is C11H26N2O5. The predicted octanol–water partition coefficient (Wildman–Crippen LogP) is -0.810. The van der Waals surface area contributed by atoms with Crippen LogP contribution in [0.5, 0.6) is 0 Å². The third kappa shape index (κ3) is 10.8. The van der Waals surface area contributed by atoms with Gasteiger partial charge in [0.25, 0.3) is 0 Å². The second-order valence-corrected chi connectivity index (χ2v) is 4.44. The molecule has 7 N–H and O–H groups in total. The second-order valence-electron chi connectivity index (χ2n) is 4.44. The summed E-state index contributed by atoms with van der Waals surface area (Å²) in [7, 11) is 0. The van der Waals surface area contributed by atoms with Gasteiger partial charge in [-0.3, -0.25) is 0 Å². The van der Waals surface area contributed by atoms with E-state index in [9.17, 15) is 15.3 Å². The summed E-state index contributed by atoms with van der Waals surface area (Å²) in [4.78, 5) is 8.72. The Balaban J connectivity index is 3.49. The summed E-state index contributed by atoms with van der Waals surface area (Å²) in [5, 5.41) is 28.7. The van der Waals surface area contributed by atoms with Crippen LogP contribution in [0.1, 0.15) is 38.5 Å². The highest BCUT2D eigenvalue weighted by Crippen LogP contribution is 2.11. The van der Waals surface area contributed by atoms with E-state index in [2.05, 4.69) is 9.68 Å². The molecular weight excluding hydrogens is 240 g/mol. The van der Waals surface area contributed by atoms with Crippen molar-refractivity contribution in [1.29, 1.82) is 0 Å². The van der Waals surface area contributed by atoms with Gasteiger partial charge in [-0.2, -0.15) is 0 Å². The minimum Gasteiger partial charge on any atom is -0.393 e. The lowest BCUT2D eigenvalue weighted by Gasteiger charge is -2.15. The highest BCUT2D eigenvalue weighted by atomic mass is 16.6. The molecule has 0 saturated heterocycles. The Morgan fingerprint density at radius 1 is 0.611 bits per heavy atom. The molecule has 0 aromatic heterocycles. The molecule has 0 aliphatic heterocycles. The van der Waals surface area contributed by atoms with Crippen molar-refractivity contribution in [2.24, 2.45) is 11.8 Å². The first-order valence-corrected chi connectivity index (χ1v) is 6.27. The van der Waals surface area contributed by atoms with Crippen molar-refractivity contribution in [1.82, 2.24) is 0 Å². The van der Waals surface area contributed by atoms with Gasteiger partial charge in [-0.05, 0) is 38.5 Å². The van der Waals surface area contributed by atoms with E-state index in [1.54, 1.807) is 0 Å². The Morgan fingerprint density at radius 2 is 0.889 bits per heavy atom. The van der Waals surface area contributed by atoms with Crippen LogP contribution in [0.4, 0.5) is 0 Å². The average Bonchev–Trinajstić information content (AvgIpc) is 2.37. The van der Waals surface area contributed by atoms with Crippen LogP contribution < -0.4 is 11.8 Å². The zero-order valence-electron chi connectivity index (χ0n) is 10.7. The molecule has 0 saturated carbocycles. The summed E-state index contributed by atoms with van der Waals surface area (Å²) in [6.07, 6.45) is 1.33.